The molecule has 1 saturated heterocycles. The van der Waals surface area contributed by atoms with Crippen molar-refractivity contribution in [2.75, 3.05) is 32.5 Å². The Balaban J connectivity index is 0.00000162. The average Bonchev–Trinajstić information content (AvgIpc) is 2.63. The summed E-state index contributed by atoms with van der Waals surface area (Å²) in [5.74, 6) is 0. The second-order valence-electron chi connectivity index (χ2n) is 4.38. The number of hydrogen-bond acceptors (Lipinski definition) is 6. The maximum atomic E-state index is 5.80. The van der Waals surface area contributed by atoms with Gasteiger partial charge in [-0.15, -0.1) is 23.7 Å². The first-order chi connectivity index (χ1) is 8.17. The van der Waals surface area contributed by atoms with Gasteiger partial charge in [0.25, 0.3) is 0 Å². The van der Waals surface area contributed by atoms with Crippen molar-refractivity contribution in [3.05, 3.63) is 11.1 Å². The van der Waals surface area contributed by atoms with Gasteiger partial charge in [-0.2, -0.15) is 0 Å². The zero-order valence-corrected chi connectivity index (χ0v) is 12.3. The molecule has 2 heterocycles. The highest BCUT2D eigenvalue weighted by molar-refractivity contribution is 7.15. The van der Waals surface area contributed by atoms with Crippen LogP contribution in [0.15, 0.2) is 6.20 Å². The minimum atomic E-state index is 0. The van der Waals surface area contributed by atoms with Gasteiger partial charge in [0.1, 0.15) is 0 Å². The molecule has 7 heteroatoms. The summed E-state index contributed by atoms with van der Waals surface area (Å²) in [7, 11) is 1.71. The van der Waals surface area contributed by atoms with Crippen LogP contribution in [-0.2, 0) is 16.0 Å². The fraction of sp³-hybridized carbons (Fsp3) is 0.727. The van der Waals surface area contributed by atoms with Gasteiger partial charge in [-0.3, -0.25) is 4.90 Å². The first-order valence-corrected chi connectivity index (χ1v) is 6.56. The number of aromatic nitrogens is 1. The van der Waals surface area contributed by atoms with E-state index in [4.69, 9.17) is 15.2 Å². The summed E-state index contributed by atoms with van der Waals surface area (Å²) in [6, 6.07) is 0. The molecule has 0 aromatic carbocycles. The molecule has 1 aromatic heterocycles. The van der Waals surface area contributed by atoms with Gasteiger partial charge >= 0.3 is 0 Å². The van der Waals surface area contributed by atoms with Crippen LogP contribution in [0.4, 0.5) is 5.13 Å². The molecule has 0 radical (unpaired) electrons. The maximum Gasteiger partial charge on any atom is 0.180 e. The van der Waals surface area contributed by atoms with Crippen LogP contribution in [-0.4, -0.2) is 48.9 Å². The van der Waals surface area contributed by atoms with Crippen LogP contribution in [0.1, 0.15) is 11.8 Å². The first-order valence-electron chi connectivity index (χ1n) is 5.74. The summed E-state index contributed by atoms with van der Waals surface area (Å²) in [4.78, 5) is 7.64. The molecule has 2 unspecified atom stereocenters. The van der Waals surface area contributed by atoms with Crippen LogP contribution in [0.3, 0.4) is 0 Å². The highest BCUT2D eigenvalue weighted by atomic mass is 35.5. The molecule has 2 N–H and O–H groups in total. The minimum absolute atomic E-state index is 0. The van der Waals surface area contributed by atoms with Crippen molar-refractivity contribution in [2.24, 2.45) is 0 Å². The number of rotatable bonds is 4. The molecule has 2 atom stereocenters. The van der Waals surface area contributed by atoms with Crippen LogP contribution >= 0.6 is 23.7 Å². The maximum absolute atomic E-state index is 5.80. The lowest BCUT2D eigenvalue weighted by Crippen LogP contribution is -2.47. The summed E-state index contributed by atoms with van der Waals surface area (Å²) in [6.07, 6.45) is 2.26. The third-order valence-electron chi connectivity index (χ3n) is 2.71. The van der Waals surface area contributed by atoms with Crippen LogP contribution in [0.5, 0.6) is 0 Å². The Kier molecular flexibility index (Phi) is 6.31. The lowest BCUT2D eigenvalue weighted by molar-refractivity contribution is -0.103. The Morgan fingerprint density at radius 1 is 1.61 bits per heavy atom. The molecule has 0 amide bonds. The minimum Gasteiger partial charge on any atom is -0.382 e. The number of morpholine rings is 1. The summed E-state index contributed by atoms with van der Waals surface area (Å²) in [5.41, 5.74) is 5.63. The third-order valence-corrected chi connectivity index (χ3v) is 3.52. The van der Waals surface area contributed by atoms with E-state index >= 15 is 0 Å². The molecule has 1 aliphatic heterocycles. The Bertz CT molecular complexity index is 364. The van der Waals surface area contributed by atoms with E-state index in [0.717, 1.165) is 19.6 Å². The molecular weight excluding hydrogens is 274 g/mol. The highest BCUT2D eigenvalue weighted by Gasteiger charge is 2.25. The first kappa shape index (κ1) is 15.7. The van der Waals surface area contributed by atoms with Gasteiger partial charge < -0.3 is 15.2 Å². The van der Waals surface area contributed by atoms with Crippen molar-refractivity contribution >= 4 is 28.9 Å². The quantitative estimate of drug-likeness (QED) is 0.909. The fourth-order valence-electron chi connectivity index (χ4n) is 2.16. The smallest absolute Gasteiger partial charge is 0.180 e. The molecule has 0 spiro atoms. The molecular formula is C11H20ClN3O2S. The predicted octanol–water partition coefficient (Wildman–Crippen LogP) is 1.38. The van der Waals surface area contributed by atoms with Gasteiger partial charge in [0, 0.05) is 37.8 Å². The highest BCUT2D eigenvalue weighted by Crippen LogP contribution is 2.19. The van der Waals surface area contributed by atoms with E-state index in [-0.39, 0.29) is 24.6 Å². The van der Waals surface area contributed by atoms with Crippen molar-refractivity contribution in [1.29, 1.82) is 0 Å². The van der Waals surface area contributed by atoms with Crippen molar-refractivity contribution in [3.63, 3.8) is 0 Å². The van der Waals surface area contributed by atoms with Gasteiger partial charge in [0.2, 0.25) is 0 Å². The topological polar surface area (TPSA) is 60.6 Å². The summed E-state index contributed by atoms with van der Waals surface area (Å²) < 4.78 is 10.9. The SMILES string of the molecule is COCC1CN(Cc2cnc(N)s2)CC(C)O1.Cl. The summed E-state index contributed by atoms with van der Waals surface area (Å²) >= 11 is 1.55. The van der Waals surface area contributed by atoms with E-state index < -0.39 is 0 Å². The van der Waals surface area contributed by atoms with Crippen LogP contribution in [0.2, 0.25) is 0 Å². The monoisotopic (exact) mass is 293 g/mol. The normalized spacial score (nSPS) is 24.8. The van der Waals surface area contributed by atoms with Crippen LogP contribution < -0.4 is 5.73 Å². The van der Waals surface area contributed by atoms with E-state index in [2.05, 4.69) is 16.8 Å². The van der Waals surface area contributed by atoms with E-state index in [9.17, 15) is 0 Å². The van der Waals surface area contributed by atoms with E-state index in [1.807, 2.05) is 6.20 Å². The molecule has 0 aliphatic carbocycles. The van der Waals surface area contributed by atoms with Gasteiger partial charge in [0.15, 0.2) is 5.13 Å². The number of methoxy groups -OCH3 is 1. The number of nitrogen functional groups attached to an aromatic ring is 1. The molecule has 0 saturated carbocycles. The third kappa shape index (κ3) is 4.37. The van der Waals surface area contributed by atoms with Crippen molar-refractivity contribution in [3.8, 4) is 0 Å². The largest absolute Gasteiger partial charge is 0.382 e. The van der Waals surface area contributed by atoms with Crippen LogP contribution in [0, 0.1) is 0 Å². The lowest BCUT2D eigenvalue weighted by atomic mass is 10.2. The number of halogens is 1. The van der Waals surface area contributed by atoms with Gasteiger partial charge in [-0.1, -0.05) is 0 Å². The fourth-order valence-corrected chi connectivity index (χ4v) is 2.89. The number of ether oxygens (including phenoxy) is 2. The molecule has 1 fully saturated rings. The van der Waals surface area contributed by atoms with E-state index in [1.165, 1.54) is 4.88 Å². The Labute approximate surface area is 118 Å². The second kappa shape index (κ2) is 7.25. The van der Waals surface area contributed by atoms with Gasteiger partial charge in [0.05, 0.1) is 18.8 Å². The standard InChI is InChI=1S/C11H19N3O2S.ClH/c1-8-4-14(5-9(16-8)7-15-2)6-10-3-13-11(12)17-10;/h3,8-9H,4-7H2,1-2H3,(H2,12,13);1H. The summed E-state index contributed by atoms with van der Waals surface area (Å²) in [5, 5.41) is 0.634. The second-order valence-corrected chi connectivity index (χ2v) is 5.53. The molecule has 2 rings (SSSR count). The molecule has 1 aromatic rings. The summed E-state index contributed by atoms with van der Waals surface area (Å²) in [6.45, 7) is 5.47. The molecule has 104 valence electrons. The number of hydrogen-bond donors (Lipinski definition) is 1. The van der Waals surface area contributed by atoms with Gasteiger partial charge in [-0.05, 0) is 6.92 Å². The van der Waals surface area contributed by atoms with E-state index in [1.54, 1.807) is 18.4 Å². The lowest BCUT2D eigenvalue weighted by Gasteiger charge is -2.36. The van der Waals surface area contributed by atoms with Crippen molar-refractivity contribution in [2.45, 2.75) is 25.7 Å². The Morgan fingerprint density at radius 3 is 3.00 bits per heavy atom. The number of thiazole rings is 1. The van der Waals surface area contributed by atoms with Crippen molar-refractivity contribution < 1.29 is 9.47 Å². The number of nitrogens with two attached hydrogens (primary N) is 1. The molecule has 5 nitrogen and oxygen atoms in total. The number of nitrogens with zero attached hydrogens (tertiary/aromatic N) is 2. The van der Waals surface area contributed by atoms with Gasteiger partial charge in [-0.25, -0.2) is 4.98 Å². The zero-order valence-electron chi connectivity index (χ0n) is 10.7. The Hall–Kier alpha value is -0.400. The van der Waals surface area contributed by atoms with Crippen LogP contribution in [0.25, 0.3) is 0 Å². The van der Waals surface area contributed by atoms with Crippen molar-refractivity contribution in [1.82, 2.24) is 9.88 Å². The molecule has 18 heavy (non-hydrogen) atoms. The zero-order chi connectivity index (χ0) is 12.3. The van der Waals surface area contributed by atoms with E-state index in [0.29, 0.717) is 11.7 Å². The Morgan fingerprint density at radius 2 is 2.39 bits per heavy atom. The average molecular weight is 294 g/mol. The predicted molar refractivity (Wildman–Crippen MR) is 75.3 cm³/mol. The number of anilines is 1. The molecule has 0 bridgehead atoms. The molecule has 1 aliphatic rings.